The highest BCUT2D eigenvalue weighted by Gasteiger charge is 2.21. The fraction of sp³-hybridized carbons (Fsp3) is 0.393. The maximum atomic E-state index is 12.5. The van der Waals surface area contributed by atoms with Crippen molar-refractivity contribution in [1.29, 1.82) is 0 Å². The molecule has 1 aromatic heterocycles. The Morgan fingerprint density at radius 1 is 0.946 bits per heavy atom. The number of amides is 1. The van der Waals surface area contributed by atoms with Crippen LogP contribution in [0.2, 0.25) is 10.2 Å². The molecule has 1 N–H and O–H groups in total. The normalized spacial score (nSPS) is 13.6. The molecule has 0 atom stereocenters. The molecule has 0 unspecified atom stereocenters. The molecule has 4 rings (SSSR count). The summed E-state index contributed by atoms with van der Waals surface area (Å²) in [6.07, 6.45) is 4.55. The zero-order chi connectivity index (χ0) is 26.0. The molecule has 196 valence electrons. The fourth-order valence-electron chi connectivity index (χ4n) is 4.30. The number of anilines is 2. The van der Waals surface area contributed by atoms with Crippen LogP contribution in [0.25, 0.3) is 0 Å². The molecular formula is C28H33Cl2N5OS. The molecule has 1 fully saturated rings. The van der Waals surface area contributed by atoms with Gasteiger partial charge in [0.1, 0.15) is 11.0 Å². The van der Waals surface area contributed by atoms with Gasteiger partial charge in [0.15, 0.2) is 5.16 Å². The molecule has 1 saturated heterocycles. The number of hydrogen-bond acceptors (Lipinski definition) is 6. The lowest BCUT2D eigenvalue weighted by Gasteiger charge is -2.37. The number of carbonyl (C=O) groups is 1. The van der Waals surface area contributed by atoms with Crippen LogP contribution in [-0.4, -0.2) is 48.6 Å². The molecule has 0 bridgehead atoms. The van der Waals surface area contributed by atoms with Gasteiger partial charge in [-0.05, 0) is 36.2 Å². The zero-order valence-electron chi connectivity index (χ0n) is 21.1. The molecule has 0 radical (unpaired) electrons. The van der Waals surface area contributed by atoms with Crippen molar-refractivity contribution in [1.82, 2.24) is 15.3 Å². The van der Waals surface area contributed by atoms with E-state index in [0.717, 1.165) is 61.1 Å². The van der Waals surface area contributed by atoms with Crippen molar-refractivity contribution in [3.63, 3.8) is 0 Å². The van der Waals surface area contributed by atoms with E-state index in [0.29, 0.717) is 28.2 Å². The van der Waals surface area contributed by atoms with Crippen LogP contribution in [0.15, 0.2) is 59.8 Å². The van der Waals surface area contributed by atoms with Crippen molar-refractivity contribution >= 4 is 52.4 Å². The summed E-state index contributed by atoms with van der Waals surface area (Å²) in [6, 6.07) is 17.5. The maximum absolute atomic E-state index is 12.5. The largest absolute Gasteiger partial charge is 0.367 e. The first-order valence-corrected chi connectivity index (χ1v) is 14.6. The molecule has 0 saturated carbocycles. The smallest absolute Gasteiger partial charge is 0.251 e. The SMILES string of the molecule is CCCCCCNC(=O)c1cccc(CSc2nc(Cl)cc(N3CCN(c4ccccc4Cl)CC3)n2)c1. The third-order valence-corrected chi connectivity index (χ3v) is 7.76. The molecule has 0 spiro atoms. The Labute approximate surface area is 233 Å². The van der Waals surface area contributed by atoms with Crippen molar-refractivity contribution in [3.05, 3.63) is 75.9 Å². The Morgan fingerprint density at radius 3 is 2.51 bits per heavy atom. The summed E-state index contributed by atoms with van der Waals surface area (Å²) in [4.78, 5) is 26.3. The zero-order valence-corrected chi connectivity index (χ0v) is 23.5. The lowest BCUT2D eigenvalue weighted by Crippen LogP contribution is -2.47. The summed E-state index contributed by atoms with van der Waals surface area (Å²) < 4.78 is 0. The lowest BCUT2D eigenvalue weighted by molar-refractivity contribution is 0.0953. The molecule has 2 aromatic carbocycles. The lowest BCUT2D eigenvalue weighted by atomic mass is 10.1. The Morgan fingerprint density at radius 2 is 1.73 bits per heavy atom. The van der Waals surface area contributed by atoms with Crippen LogP contribution >= 0.6 is 35.0 Å². The third kappa shape index (κ3) is 8.00. The molecule has 1 aliphatic heterocycles. The van der Waals surface area contributed by atoms with Crippen molar-refractivity contribution in [2.24, 2.45) is 0 Å². The number of halogens is 2. The van der Waals surface area contributed by atoms with Crippen molar-refractivity contribution in [3.8, 4) is 0 Å². The topological polar surface area (TPSA) is 61.4 Å². The van der Waals surface area contributed by atoms with E-state index in [-0.39, 0.29) is 5.91 Å². The summed E-state index contributed by atoms with van der Waals surface area (Å²) in [5.41, 5.74) is 2.79. The molecule has 0 aliphatic carbocycles. The highest BCUT2D eigenvalue weighted by Crippen LogP contribution is 2.29. The Hall–Kier alpha value is -2.48. The molecular weight excluding hydrogens is 525 g/mol. The first kappa shape index (κ1) is 27.6. The minimum Gasteiger partial charge on any atom is -0.367 e. The number of benzene rings is 2. The molecule has 2 heterocycles. The number of hydrogen-bond donors (Lipinski definition) is 1. The van der Waals surface area contributed by atoms with Crippen LogP contribution in [0.4, 0.5) is 11.5 Å². The van der Waals surface area contributed by atoms with Crippen molar-refractivity contribution < 1.29 is 4.79 Å². The number of carbonyl (C=O) groups excluding carboxylic acids is 1. The predicted octanol–water partition coefficient (Wildman–Crippen LogP) is 6.71. The average molecular weight is 559 g/mol. The van der Waals surface area contributed by atoms with Gasteiger partial charge in [0.05, 0.1) is 10.7 Å². The maximum Gasteiger partial charge on any atom is 0.251 e. The highest BCUT2D eigenvalue weighted by molar-refractivity contribution is 7.98. The first-order chi connectivity index (χ1) is 18.0. The minimum atomic E-state index is -0.0272. The number of aromatic nitrogens is 2. The van der Waals surface area contributed by atoms with Crippen LogP contribution < -0.4 is 15.1 Å². The first-order valence-electron chi connectivity index (χ1n) is 12.8. The summed E-state index contributed by atoms with van der Waals surface area (Å²) in [5, 5.41) is 4.85. The van der Waals surface area contributed by atoms with Gasteiger partial charge in [0.2, 0.25) is 0 Å². The Bertz CT molecular complexity index is 1190. The predicted molar refractivity (Wildman–Crippen MR) is 155 cm³/mol. The number of piperazine rings is 1. The van der Waals surface area contributed by atoms with Crippen LogP contribution in [0.5, 0.6) is 0 Å². The quantitative estimate of drug-likeness (QED) is 0.122. The molecule has 3 aromatic rings. The van der Waals surface area contributed by atoms with Gasteiger partial charge in [0, 0.05) is 50.1 Å². The van der Waals surface area contributed by atoms with E-state index < -0.39 is 0 Å². The minimum absolute atomic E-state index is 0.0272. The van der Waals surface area contributed by atoms with Gasteiger partial charge in [-0.25, -0.2) is 9.97 Å². The second-order valence-electron chi connectivity index (χ2n) is 9.06. The number of nitrogens with zero attached hydrogens (tertiary/aromatic N) is 4. The summed E-state index contributed by atoms with van der Waals surface area (Å²) >= 11 is 14.3. The van der Waals surface area contributed by atoms with E-state index in [4.69, 9.17) is 28.2 Å². The van der Waals surface area contributed by atoms with Gasteiger partial charge < -0.3 is 15.1 Å². The molecule has 9 heteroatoms. The number of para-hydroxylation sites is 1. The number of rotatable bonds is 11. The Balaban J connectivity index is 1.32. The van der Waals surface area contributed by atoms with Crippen LogP contribution in [-0.2, 0) is 5.75 Å². The van der Waals surface area contributed by atoms with Crippen LogP contribution in [0, 0.1) is 0 Å². The van der Waals surface area contributed by atoms with E-state index in [9.17, 15) is 4.79 Å². The van der Waals surface area contributed by atoms with E-state index >= 15 is 0 Å². The van der Waals surface area contributed by atoms with Gasteiger partial charge in [0.25, 0.3) is 5.91 Å². The van der Waals surface area contributed by atoms with Gasteiger partial charge in [-0.1, -0.05) is 85.4 Å². The molecule has 6 nitrogen and oxygen atoms in total. The van der Waals surface area contributed by atoms with Crippen LogP contribution in [0.3, 0.4) is 0 Å². The number of unbranched alkanes of at least 4 members (excludes halogenated alkanes) is 3. The second kappa shape index (κ2) is 13.9. The summed E-state index contributed by atoms with van der Waals surface area (Å²) in [7, 11) is 0. The average Bonchev–Trinajstić information content (AvgIpc) is 2.92. The molecule has 1 aliphatic rings. The van der Waals surface area contributed by atoms with E-state index in [2.05, 4.69) is 33.1 Å². The molecule has 37 heavy (non-hydrogen) atoms. The van der Waals surface area contributed by atoms with Gasteiger partial charge >= 0.3 is 0 Å². The third-order valence-electron chi connectivity index (χ3n) is 6.33. The number of thioether (sulfide) groups is 1. The van der Waals surface area contributed by atoms with Crippen molar-refractivity contribution in [2.45, 2.75) is 43.5 Å². The summed E-state index contributed by atoms with van der Waals surface area (Å²) in [5.74, 6) is 1.45. The van der Waals surface area contributed by atoms with Crippen LogP contribution in [0.1, 0.15) is 48.5 Å². The van der Waals surface area contributed by atoms with E-state index in [1.807, 2.05) is 48.5 Å². The standard InChI is InChI=1S/C28H33Cl2N5OS/c1-2-3-4-7-13-31-27(36)22-10-8-9-21(18-22)20-37-28-32-25(30)19-26(33-28)35-16-14-34(15-17-35)24-12-6-5-11-23(24)29/h5-6,8-12,18-19H,2-4,7,13-17,20H2,1H3,(H,31,36). The van der Waals surface area contributed by atoms with E-state index in [1.54, 1.807) is 0 Å². The fourth-order valence-corrected chi connectivity index (χ4v) is 5.58. The summed E-state index contributed by atoms with van der Waals surface area (Å²) in [6.45, 7) is 6.23. The van der Waals surface area contributed by atoms with Gasteiger partial charge in [-0.2, -0.15) is 0 Å². The van der Waals surface area contributed by atoms with Gasteiger partial charge in [-0.15, -0.1) is 0 Å². The highest BCUT2D eigenvalue weighted by atomic mass is 35.5. The van der Waals surface area contributed by atoms with Crippen molar-refractivity contribution in [2.75, 3.05) is 42.5 Å². The Kier molecular flexibility index (Phi) is 10.3. The number of nitrogens with one attached hydrogen (secondary N) is 1. The second-order valence-corrected chi connectivity index (χ2v) is 10.8. The van der Waals surface area contributed by atoms with E-state index in [1.165, 1.54) is 24.6 Å². The monoisotopic (exact) mass is 557 g/mol. The molecule has 1 amide bonds. The van der Waals surface area contributed by atoms with Gasteiger partial charge in [-0.3, -0.25) is 4.79 Å².